The van der Waals surface area contributed by atoms with Crippen LogP contribution in [0.3, 0.4) is 0 Å². The summed E-state index contributed by atoms with van der Waals surface area (Å²) in [6.45, 7) is 4.98. The van der Waals surface area contributed by atoms with E-state index in [-0.39, 0.29) is 88.3 Å². The van der Waals surface area contributed by atoms with Gasteiger partial charge < -0.3 is 84.6 Å². The van der Waals surface area contributed by atoms with Crippen LogP contribution in [0.5, 0.6) is 5.75 Å². The van der Waals surface area contributed by atoms with Gasteiger partial charge in [0.15, 0.2) is 5.96 Å². The van der Waals surface area contributed by atoms with E-state index in [2.05, 4.69) is 52.5 Å². The average molecular weight is 1200 g/mol. The number of phenolic OH excluding ortho intramolecular Hbond substituents is 1. The molecule has 0 aliphatic carbocycles. The number of aliphatic imine (C=N–C) groups is 1. The molecule has 1 aliphatic rings. The molecule has 1 saturated heterocycles. The molecular formula is C57H79ClN14O13. The number of phenols is 1. The van der Waals surface area contributed by atoms with Crippen molar-refractivity contribution in [3.63, 3.8) is 0 Å². The van der Waals surface area contributed by atoms with Crippen molar-refractivity contribution in [3.8, 4) is 5.75 Å². The van der Waals surface area contributed by atoms with E-state index in [1.807, 2.05) is 24.3 Å². The number of alkyl carbamates (subject to hydrolysis) is 1. The van der Waals surface area contributed by atoms with Gasteiger partial charge in [0.1, 0.15) is 54.6 Å². The molecule has 17 N–H and O–H groups in total. The number of halogens is 1. The van der Waals surface area contributed by atoms with Crippen molar-refractivity contribution in [2.75, 3.05) is 32.8 Å². The number of benzene rings is 3. The highest BCUT2D eigenvalue weighted by Crippen LogP contribution is 2.22. The van der Waals surface area contributed by atoms with Crippen molar-refractivity contribution < 1.29 is 62.9 Å². The van der Waals surface area contributed by atoms with Gasteiger partial charge >= 0.3 is 6.09 Å². The number of aromatic nitrogens is 1. The Morgan fingerprint density at radius 3 is 1.98 bits per heavy atom. The van der Waals surface area contributed by atoms with Gasteiger partial charge in [0.2, 0.25) is 53.2 Å². The number of aromatic amines is 1. The van der Waals surface area contributed by atoms with Crippen molar-refractivity contribution in [1.29, 1.82) is 0 Å². The van der Waals surface area contributed by atoms with Crippen LogP contribution in [0.4, 0.5) is 4.79 Å². The SMILES string of the molecule is CC(C)C[C@H](NC(=O)CNC(=O)[C@H](Cc1ccc(O)cc1)NC(=O)[C@H](CO)NC(=O)[C@H](Cc1c[nH]c2ccccc12)NC(=O)[C@@H](NC(=O)OCc1ccccc1)C(C)C)C(=O)N[C@@H](CCCN=C(N)N)C(=O)N1CCC[C@H]1C(=O)NCC(N)=O.Cl. The van der Waals surface area contributed by atoms with Crippen LogP contribution in [0.15, 0.2) is 90.1 Å². The number of ether oxygens (including phenoxy) is 1. The fourth-order valence-corrected chi connectivity index (χ4v) is 9.30. The zero-order valence-corrected chi connectivity index (χ0v) is 48.7. The standard InChI is InChI=1S/C57H78N14O13.ClH/c1-32(2)24-41(50(77)66-40(16-10-22-61-56(59)60)55(82)71-23-11-17-45(71)53(80)63-28-46(58)74)65-47(75)29-64-49(76)42(25-34-18-20-37(73)21-19-34)67-52(79)44(30-72)69-51(78)43(26-36-27-62-39-15-9-8-14-38(36)39)68-54(81)48(33(3)4)70-57(83)84-31-35-12-6-5-7-13-35;/h5-9,12-15,18-21,27,32-33,40-45,48,62,72-73H,10-11,16-17,22-26,28-31H2,1-4H3,(H2,58,74)(H,63,80)(H,64,76)(H,65,75)(H,66,77)(H,67,79)(H,68,81)(H,69,78)(H,70,83)(H4,59,60,61);1H/t40-,41-,42-,43-,44-,45-,48-;/m0./s1. The molecule has 0 radical (unpaired) electrons. The Balaban J connectivity index is 0.0000155. The number of nitrogens with two attached hydrogens (primary N) is 3. The van der Waals surface area contributed by atoms with Gasteiger partial charge in [0.25, 0.3) is 0 Å². The van der Waals surface area contributed by atoms with Crippen LogP contribution in [-0.2, 0) is 67.3 Å². The summed E-state index contributed by atoms with van der Waals surface area (Å²) in [4.78, 5) is 144. The first kappa shape index (κ1) is 68.5. The number of likely N-dealkylation sites (tertiary alicyclic amines) is 1. The van der Waals surface area contributed by atoms with Gasteiger partial charge in [-0.15, -0.1) is 12.4 Å². The molecule has 0 spiro atoms. The van der Waals surface area contributed by atoms with Crippen molar-refractivity contribution in [2.45, 2.75) is 122 Å². The molecule has 1 fully saturated rings. The fraction of sp³-hybridized carbons (Fsp3) is 0.456. The number of amides is 10. The first-order valence-corrected chi connectivity index (χ1v) is 27.6. The number of hydrogen-bond acceptors (Lipinski definition) is 14. The number of aliphatic hydroxyl groups excluding tert-OH is 1. The maximum atomic E-state index is 14.3. The number of nitrogens with one attached hydrogen (secondary N) is 9. The number of guanidine groups is 1. The maximum Gasteiger partial charge on any atom is 0.408 e. The quantitative estimate of drug-likeness (QED) is 0.0168. The molecule has 0 unspecified atom stereocenters. The highest BCUT2D eigenvalue weighted by molar-refractivity contribution is 5.98. The Kier molecular flexibility index (Phi) is 27.4. The topological polar surface area (TPSA) is 426 Å². The Bertz CT molecular complexity index is 2960. The van der Waals surface area contributed by atoms with Crippen molar-refractivity contribution >= 4 is 88.5 Å². The number of H-pyrrole nitrogens is 1. The summed E-state index contributed by atoms with van der Waals surface area (Å²) >= 11 is 0. The number of nitrogens with zero attached hydrogens (tertiary/aromatic N) is 2. The molecule has 3 aromatic carbocycles. The Hall–Kier alpha value is -8.98. The second kappa shape index (κ2) is 34.0. The van der Waals surface area contributed by atoms with E-state index in [4.69, 9.17) is 21.9 Å². The third-order valence-corrected chi connectivity index (χ3v) is 13.6. The number of hydrogen-bond donors (Lipinski definition) is 14. The predicted molar refractivity (Wildman–Crippen MR) is 316 cm³/mol. The van der Waals surface area contributed by atoms with Gasteiger partial charge in [-0.2, -0.15) is 0 Å². The molecule has 7 atom stereocenters. The van der Waals surface area contributed by atoms with Gasteiger partial charge in [-0.1, -0.05) is 88.4 Å². The number of aliphatic hydroxyl groups is 1. The minimum atomic E-state index is -1.72. The molecule has 27 nitrogen and oxygen atoms in total. The lowest BCUT2D eigenvalue weighted by Crippen LogP contribution is -2.60. The summed E-state index contributed by atoms with van der Waals surface area (Å²) in [5.41, 5.74) is 18.7. The normalized spacial score (nSPS) is 14.9. The summed E-state index contributed by atoms with van der Waals surface area (Å²) in [7, 11) is 0. The molecule has 462 valence electrons. The summed E-state index contributed by atoms with van der Waals surface area (Å²) in [6.07, 6.45) is 1.46. The largest absolute Gasteiger partial charge is 0.508 e. The predicted octanol–water partition coefficient (Wildman–Crippen LogP) is -0.744. The second-order valence-electron chi connectivity index (χ2n) is 21.1. The van der Waals surface area contributed by atoms with Crippen LogP contribution in [0, 0.1) is 11.8 Å². The zero-order valence-electron chi connectivity index (χ0n) is 47.9. The van der Waals surface area contributed by atoms with Crippen LogP contribution in [0.2, 0.25) is 0 Å². The van der Waals surface area contributed by atoms with E-state index < -0.39 is 127 Å². The highest BCUT2D eigenvalue weighted by atomic mass is 35.5. The van der Waals surface area contributed by atoms with E-state index in [9.17, 15) is 58.2 Å². The number of carbonyl (C=O) groups is 10. The van der Waals surface area contributed by atoms with Crippen LogP contribution in [0.25, 0.3) is 10.9 Å². The number of primary amides is 1. The summed E-state index contributed by atoms with van der Waals surface area (Å²) in [5.74, 6) is -8.19. The number of aromatic hydroxyl groups is 1. The van der Waals surface area contributed by atoms with Gasteiger partial charge in [-0.25, -0.2) is 4.79 Å². The van der Waals surface area contributed by atoms with Crippen molar-refractivity contribution in [2.24, 2.45) is 34.0 Å². The lowest BCUT2D eigenvalue weighted by molar-refractivity contribution is -0.142. The van der Waals surface area contributed by atoms with Gasteiger partial charge in [-0.05, 0) is 78.8 Å². The van der Waals surface area contributed by atoms with E-state index in [0.29, 0.717) is 23.1 Å². The van der Waals surface area contributed by atoms with E-state index in [1.54, 1.807) is 64.2 Å². The highest BCUT2D eigenvalue weighted by Gasteiger charge is 2.39. The Morgan fingerprint density at radius 2 is 1.32 bits per heavy atom. The van der Waals surface area contributed by atoms with Gasteiger partial charge in [0.05, 0.1) is 19.7 Å². The monoisotopic (exact) mass is 1200 g/mol. The van der Waals surface area contributed by atoms with Crippen LogP contribution >= 0.6 is 12.4 Å². The molecule has 4 aromatic rings. The van der Waals surface area contributed by atoms with Crippen LogP contribution in [-0.4, -0.2) is 160 Å². The van der Waals surface area contributed by atoms with E-state index in [1.165, 1.54) is 29.2 Å². The lowest BCUT2D eigenvalue weighted by Gasteiger charge is -2.30. The van der Waals surface area contributed by atoms with Gasteiger partial charge in [-0.3, -0.25) is 48.1 Å². The fourth-order valence-electron chi connectivity index (χ4n) is 9.30. The molecule has 10 amide bonds. The first-order valence-electron chi connectivity index (χ1n) is 27.6. The number of para-hydroxylation sites is 1. The molecule has 1 aliphatic heterocycles. The molecule has 0 saturated carbocycles. The number of carbonyl (C=O) groups excluding carboxylic acids is 10. The lowest BCUT2D eigenvalue weighted by atomic mass is 10.0. The van der Waals surface area contributed by atoms with E-state index >= 15 is 0 Å². The molecular weight excluding hydrogens is 1120 g/mol. The summed E-state index contributed by atoms with van der Waals surface area (Å²) in [5, 5.41) is 41.8. The molecule has 1 aromatic heterocycles. The first-order chi connectivity index (χ1) is 40.0. The third-order valence-electron chi connectivity index (χ3n) is 13.6. The van der Waals surface area contributed by atoms with E-state index in [0.717, 1.165) is 10.9 Å². The summed E-state index contributed by atoms with van der Waals surface area (Å²) < 4.78 is 5.36. The van der Waals surface area contributed by atoms with Crippen molar-refractivity contribution in [3.05, 3.63) is 102 Å². The third kappa shape index (κ3) is 21.9. The molecule has 0 bridgehead atoms. The number of fused-ring (bicyclic) bond motifs is 1. The average Bonchev–Trinajstić information content (AvgIpc) is 4.21. The minimum Gasteiger partial charge on any atom is -0.508 e. The molecule has 85 heavy (non-hydrogen) atoms. The molecule has 5 rings (SSSR count). The summed E-state index contributed by atoms with van der Waals surface area (Å²) in [6, 6.07) is 12.5. The van der Waals surface area contributed by atoms with Crippen LogP contribution in [0.1, 0.15) is 76.5 Å². The van der Waals surface area contributed by atoms with Crippen molar-refractivity contribution in [1.82, 2.24) is 52.4 Å². The molecule has 2 heterocycles. The van der Waals surface area contributed by atoms with Gasteiger partial charge in [0, 0.05) is 43.0 Å². The Morgan fingerprint density at radius 1 is 0.694 bits per heavy atom. The zero-order chi connectivity index (χ0) is 61.5. The minimum absolute atomic E-state index is 0. The second-order valence-corrected chi connectivity index (χ2v) is 21.1. The Labute approximate surface area is 497 Å². The smallest absolute Gasteiger partial charge is 0.408 e. The number of rotatable bonds is 31. The maximum absolute atomic E-state index is 14.3. The van der Waals surface area contributed by atoms with Crippen LogP contribution < -0.4 is 59.7 Å². The molecule has 28 heteroatoms.